The normalized spacial score (nSPS) is 19.6. The smallest absolute Gasteiger partial charge is 0.410 e. The zero-order valence-electron chi connectivity index (χ0n) is 21.4. The Morgan fingerprint density at radius 2 is 1.64 bits per heavy atom. The highest BCUT2D eigenvalue weighted by Gasteiger charge is 2.35. The first-order valence-electron chi connectivity index (χ1n) is 12.8. The minimum atomic E-state index is -0.763. The summed E-state index contributed by atoms with van der Waals surface area (Å²) in [6, 6.07) is 9.37. The molecule has 1 N–H and O–H groups in total. The summed E-state index contributed by atoms with van der Waals surface area (Å²) in [4.78, 5) is 16.6. The van der Waals surface area contributed by atoms with Gasteiger partial charge >= 0.3 is 6.09 Å². The predicted octanol–water partition coefficient (Wildman–Crippen LogP) is 5.66. The fourth-order valence-corrected chi connectivity index (χ4v) is 5.08. The highest BCUT2D eigenvalue weighted by Crippen LogP contribution is 2.28. The quantitative estimate of drug-likeness (QED) is 0.600. The van der Waals surface area contributed by atoms with E-state index in [-0.39, 0.29) is 6.09 Å². The largest absolute Gasteiger partial charge is 0.444 e. The van der Waals surface area contributed by atoms with E-state index in [0.717, 1.165) is 24.4 Å². The third-order valence-electron chi connectivity index (χ3n) is 7.13. The van der Waals surface area contributed by atoms with Crippen molar-refractivity contribution < 1.29 is 14.6 Å². The third kappa shape index (κ3) is 7.58. The van der Waals surface area contributed by atoms with Crippen LogP contribution in [0.2, 0.25) is 0 Å². The van der Waals surface area contributed by atoms with Gasteiger partial charge in [0.2, 0.25) is 0 Å². The van der Waals surface area contributed by atoms with Crippen molar-refractivity contribution in [2.75, 3.05) is 26.2 Å². The van der Waals surface area contributed by atoms with Crippen molar-refractivity contribution in [2.45, 2.75) is 96.8 Å². The number of rotatable bonds is 6. The molecule has 2 heterocycles. The summed E-state index contributed by atoms with van der Waals surface area (Å²) in [5, 5.41) is 11.1. The molecule has 2 fully saturated rings. The van der Waals surface area contributed by atoms with Gasteiger partial charge in [-0.15, -0.1) is 0 Å². The molecule has 0 aliphatic carbocycles. The molecule has 0 bridgehead atoms. The molecule has 1 amide bonds. The predicted molar refractivity (Wildman–Crippen MR) is 135 cm³/mol. The molecule has 1 aromatic carbocycles. The zero-order chi connectivity index (χ0) is 24.1. The summed E-state index contributed by atoms with van der Waals surface area (Å²) < 4.78 is 5.47. The van der Waals surface area contributed by atoms with Crippen LogP contribution < -0.4 is 0 Å². The van der Waals surface area contributed by atoms with Crippen LogP contribution in [0, 0.1) is 0 Å². The van der Waals surface area contributed by atoms with Crippen molar-refractivity contribution in [1.82, 2.24) is 9.80 Å². The summed E-state index contributed by atoms with van der Waals surface area (Å²) in [6.45, 7) is 13.6. The fourth-order valence-electron chi connectivity index (χ4n) is 5.08. The van der Waals surface area contributed by atoms with E-state index in [2.05, 4.69) is 49.1 Å². The maximum Gasteiger partial charge on any atom is 0.410 e. The standard InChI is InChI=1S/C28H44N2O3/c1-6-25(7-2)29-16-12-23(13-17-29)20-22-8-10-24(11-9-22)21-28(32)14-18-30(19-15-28)26(31)33-27(3,4)5/h8-11,20,25,32H,6-7,12-19,21H2,1-5H3. The van der Waals surface area contributed by atoms with Crippen LogP contribution in [0.25, 0.3) is 6.08 Å². The molecule has 0 unspecified atom stereocenters. The summed E-state index contributed by atoms with van der Waals surface area (Å²) in [7, 11) is 0. The van der Waals surface area contributed by atoms with Crippen molar-refractivity contribution >= 4 is 12.2 Å². The molecule has 5 heteroatoms. The van der Waals surface area contributed by atoms with Gasteiger partial charge < -0.3 is 14.7 Å². The molecular formula is C28H44N2O3. The third-order valence-corrected chi connectivity index (χ3v) is 7.13. The SMILES string of the molecule is CCC(CC)N1CCC(=Cc2ccc(CC3(O)CCN(C(=O)OC(C)(C)C)CC3)cc2)CC1. The molecule has 0 radical (unpaired) electrons. The van der Waals surface area contributed by atoms with Gasteiger partial charge in [-0.1, -0.05) is 49.8 Å². The van der Waals surface area contributed by atoms with E-state index >= 15 is 0 Å². The first-order valence-corrected chi connectivity index (χ1v) is 12.8. The van der Waals surface area contributed by atoms with Gasteiger partial charge in [0, 0.05) is 38.6 Å². The van der Waals surface area contributed by atoms with E-state index in [0.29, 0.717) is 32.4 Å². The van der Waals surface area contributed by atoms with E-state index in [4.69, 9.17) is 4.74 Å². The minimum Gasteiger partial charge on any atom is -0.444 e. The number of carbonyl (C=O) groups is 1. The van der Waals surface area contributed by atoms with Crippen molar-refractivity contribution in [1.29, 1.82) is 0 Å². The summed E-state index contributed by atoms with van der Waals surface area (Å²) >= 11 is 0. The van der Waals surface area contributed by atoms with Crippen molar-refractivity contribution in [2.24, 2.45) is 0 Å². The molecule has 184 valence electrons. The van der Waals surface area contributed by atoms with Gasteiger partial charge in [-0.2, -0.15) is 0 Å². The number of piperidine rings is 2. The van der Waals surface area contributed by atoms with Gasteiger partial charge in [0.05, 0.1) is 5.60 Å². The van der Waals surface area contributed by atoms with Crippen LogP contribution in [-0.2, 0) is 11.2 Å². The molecule has 0 aromatic heterocycles. The number of ether oxygens (including phenoxy) is 1. The molecule has 3 rings (SSSR count). The number of hydrogen-bond donors (Lipinski definition) is 1. The molecule has 1 aromatic rings. The maximum atomic E-state index is 12.3. The number of aliphatic hydroxyl groups is 1. The van der Waals surface area contributed by atoms with Crippen molar-refractivity contribution in [3.63, 3.8) is 0 Å². The van der Waals surface area contributed by atoms with Gasteiger partial charge in [0.15, 0.2) is 0 Å². The average molecular weight is 457 g/mol. The van der Waals surface area contributed by atoms with E-state index in [1.54, 1.807) is 4.90 Å². The Morgan fingerprint density at radius 1 is 1.06 bits per heavy atom. The van der Waals surface area contributed by atoms with E-state index < -0.39 is 11.2 Å². The second kappa shape index (κ2) is 11.1. The van der Waals surface area contributed by atoms with Crippen molar-refractivity contribution in [3.8, 4) is 0 Å². The number of likely N-dealkylation sites (tertiary alicyclic amines) is 2. The lowest BCUT2D eigenvalue weighted by Gasteiger charge is -2.38. The molecule has 2 saturated heterocycles. The lowest BCUT2D eigenvalue weighted by Crippen LogP contribution is -2.49. The van der Waals surface area contributed by atoms with Crippen LogP contribution in [-0.4, -0.2) is 64.4 Å². The highest BCUT2D eigenvalue weighted by atomic mass is 16.6. The maximum absolute atomic E-state index is 12.3. The van der Waals surface area contributed by atoms with Gasteiger partial charge in [-0.25, -0.2) is 4.79 Å². The Kier molecular flexibility index (Phi) is 8.63. The first kappa shape index (κ1) is 25.8. The Morgan fingerprint density at radius 3 is 2.15 bits per heavy atom. The average Bonchev–Trinajstić information content (AvgIpc) is 2.76. The molecule has 2 aliphatic rings. The zero-order valence-corrected chi connectivity index (χ0v) is 21.4. The Bertz CT molecular complexity index is 787. The minimum absolute atomic E-state index is 0.285. The van der Waals surface area contributed by atoms with Gasteiger partial charge in [0.25, 0.3) is 0 Å². The highest BCUT2D eigenvalue weighted by molar-refractivity contribution is 5.68. The molecule has 0 atom stereocenters. The fraction of sp³-hybridized carbons (Fsp3) is 0.679. The summed E-state index contributed by atoms with van der Waals surface area (Å²) in [5.41, 5.74) is 2.68. The Balaban J connectivity index is 1.50. The molecular weight excluding hydrogens is 412 g/mol. The summed E-state index contributed by atoms with van der Waals surface area (Å²) in [5.74, 6) is 0. The number of hydrogen-bond acceptors (Lipinski definition) is 4. The van der Waals surface area contributed by atoms with Crippen LogP contribution >= 0.6 is 0 Å². The number of benzene rings is 1. The van der Waals surface area contributed by atoms with Crippen LogP contribution in [0.5, 0.6) is 0 Å². The monoisotopic (exact) mass is 456 g/mol. The summed E-state index contributed by atoms with van der Waals surface area (Å²) in [6.07, 6.45) is 8.63. The number of carbonyl (C=O) groups excluding carboxylic acids is 1. The first-order chi connectivity index (χ1) is 15.6. The van der Waals surface area contributed by atoms with E-state index in [1.807, 2.05) is 20.8 Å². The van der Waals surface area contributed by atoms with Crippen LogP contribution in [0.4, 0.5) is 4.79 Å². The Labute approximate surface area is 200 Å². The van der Waals surface area contributed by atoms with Crippen LogP contribution in [0.15, 0.2) is 29.8 Å². The molecule has 0 saturated carbocycles. The van der Waals surface area contributed by atoms with E-state index in [9.17, 15) is 9.90 Å². The lowest BCUT2D eigenvalue weighted by molar-refractivity contribution is -0.0315. The molecule has 5 nitrogen and oxygen atoms in total. The van der Waals surface area contributed by atoms with Gasteiger partial charge in [0.1, 0.15) is 5.60 Å². The van der Waals surface area contributed by atoms with Crippen molar-refractivity contribution in [3.05, 3.63) is 41.0 Å². The Hall–Kier alpha value is -1.85. The topological polar surface area (TPSA) is 53.0 Å². The number of nitrogens with zero attached hydrogens (tertiary/aromatic N) is 2. The van der Waals surface area contributed by atoms with E-state index in [1.165, 1.54) is 37.1 Å². The second-order valence-corrected chi connectivity index (χ2v) is 10.9. The second-order valence-electron chi connectivity index (χ2n) is 10.9. The van der Waals surface area contributed by atoms with Crippen LogP contribution in [0.1, 0.15) is 84.3 Å². The van der Waals surface area contributed by atoms with Gasteiger partial charge in [-0.3, -0.25) is 4.90 Å². The molecule has 0 spiro atoms. The van der Waals surface area contributed by atoms with Crippen LogP contribution in [0.3, 0.4) is 0 Å². The molecule has 33 heavy (non-hydrogen) atoms. The number of amides is 1. The van der Waals surface area contributed by atoms with Gasteiger partial charge in [-0.05, 0) is 70.4 Å². The molecule has 2 aliphatic heterocycles. The lowest BCUT2D eigenvalue weighted by atomic mass is 9.85.